The van der Waals surface area contributed by atoms with Gasteiger partial charge in [-0.25, -0.2) is 0 Å². The molecule has 0 spiro atoms. The van der Waals surface area contributed by atoms with E-state index in [2.05, 4.69) is 5.32 Å². The van der Waals surface area contributed by atoms with Gasteiger partial charge in [-0.15, -0.1) is 12.4 Å². The molecule has 1 N–H and O–H groups in total. The third-order valence-electron chi connectivity index (χ3n) is 5.24. The van der Waals surface area contributed by atoms with Gasteiger partial charge in [-0.2, -0.15) is 0 Å². The number of methoxy groups -OCH3 is 2. The molecule has 2 aliphatic rings. The van der Waals surface area contributed by atoms with Gasteiger partial charge in [0, 0.05) is 32.1 Å². The van der Waals surface area contributed by atoms with E-state index in [4.69, 9.17) is 9.47 Å². The number of anilines is 1. The molecule has 7 nitrogen and oxygen atoms in total. The first kappa shape index (κ1) is 21.3. The van der Waals surface area contributed by atoms with Crippen molar-refractivity contribution in [1.82, 2.24) is 10.2 Å². The quantitative estimate of drug-likeness (QED) is 0.788. The highest BCUT2D eigenvalue weighted by Gasteiger charge is 2.39. The van der Waals surface area contributed by atoms with E-state index >= 15 is 0 Å². The van der Waals surface area contributed by atoms with Crippen LogP contribution in [0.5, 0.6) is 11.5 Å². The van der Waals surface area contributed by atoms with E-state index in [1.807, 2.05) is 11.9 Å². The molecule has 2 heterocycles. The molecule has 0 saturated carbocycles. The summed E-state index contributed by atoms with van der Waals surface area (Å²) in [5, 5.41) is 3.17. The fourth-order valence-electron chi connectivity index (χ4n) is 3.86. The van der Waals surface area contributed by atoms with Gasteiger partial charge in [0.1, 0.15) is 11.5 Å². The number of nitrogens with one attached hydrogen (secondary N) is 1. The van der Waals surface area contributed by atoms with Crippen molar-refractivity contribution < 1.29 is 19.1 Å². The number of halogens is 1. The molecular formula is C19H28ClN3O4. The Morgan fingerprint density at radius 3 is 2.70 bits per heavy atom. The summed E-state index contributed by atoms with van der Waals surface area (Å²) in [6.07, 6.45) is 1.27. The first-order chi connectivity index (χ1) is 12.6. The Hall–Kier alpha value is -1.99. The van der Waals surface area contributed by atoms with Gasteiger partial charge in [0.15, 0.2) is 0 Å². The van der Waals surface area contributed by atoms with Crippen LogP contribution in [-0.2, 0) is 9.59 Å². The third-order valence-corrected chi connectivity index (χ3v) is 5.24. The SMILES string of the molecule is CNCC1CCN(C(=O)C2CC(=O)N(c3ccc(OC)cc3OC)C2)C1.Cl. The lowest BCUT2D eigenvalue weighted by molar-refractivity contribution is -0.134. The van der Waals surface area contributed by atoms with Crippen LogP contribution < -0.4 is 19.7 Å². The zero-order chi connectivity index (χ0) is 18.7. The number of carbonyl (C=O) groups is 2. The van der Waals surface area contributed by atoms with Crippen LogP contribution in [0.3, 0.4) is 0 Å². The first-order valence-electron chi connectivity index (χ1n) is 9.03. The normalized spacial score (nSPS) is 22.0. The van der Waals surface area contributed by atoms with Gasteiger partial charge >= 0.3 is 0 Å². The summed E-state index contributed by atoms with van der Waals surface area (Å²) in [6.45, 7) is 2.87. The van der Waals surface area contributed by atoms with Gasteiger partial charge in [-0.3, -0.25) is 9.59 Å². The molecule has 150 valence electrons. The lowest BCUT2D eigenvalue weighted by Crippen LogP contribution is -2.36. The van der Waals surface area contributed by atoms with E-state index < -0.39 is 0 Å². The summed E-state index contributed by atoms with van der Waals surface area (Å²) in [4.78, 5) is 29.0. The number of nitrogens with zero attached hydrogens (tertiary/aromatic N) is 2. The molecule has 1 aromatic rings. The highest BCUT2D eigenvalue weighted by molar-refractivity contribution is 6.01. The van der Waals surface area contributed by atoms with E-state index in [-0.39, 0.29) is 36.6 Å². The third kappa shape index (κ3) is 4.47. The van der Waals surface area contributed by atoms with Crippen LogP contribution >= 0.6 is 12.4 Å². The molecule has 0 bridgehead atoms. The summed E-state index contributed by atoms with van der Waals surface area (Å²) in [7, 11) is 5.08. The molecule has 2 saturated heterocycles. The van der Waals surface area contributed by atoms with Gasteiger partial charge in [0.2, 0.25) is 11.8 Å². The highest BCUT2D eigenvalue weighted by atomic mass is 35.5. The molecule has 0 aliphatic carbocycles. The van der Waals surface area contributed by atoms with Crippen molar-refractivity contribution in [3.63, 3.8) is 0 Å². The molecule has 3 rings (SSSR count). The summed E-state index contributed by atoms with van der Waals surface area (Å²) >= 11 is 0. The molecular weight excluding hydrogens is 370 g/mol. The molecule has 2 unspecified atom stereocenters. The van der Waals surface area contributed by atoms with Crippen molar-refractivity contribution in [1.29, 1.82) is 0 Å². The predicted octanol–water partition coefficient (Wildman–Crippen LogP) is 1.55. The number of hydrogen-bond donors (Lipinski definition) is 1. The lowest BCUT2D eigenvalue weighted by Gasteiger charge is -2.22. The van der Waals surface area contributed by atoms with Crippen LogP contribution in [0, 0.1) is 11.8 Å². The molecule has 2 fully saturated rings. The Labute approximate surface area is 166 Å². The number of carbonyl (C=O) groups excluding carboxylic acids is 2. The van der Waals surface area contributed by atoms with Gasteiger partial charge in [0.05, 0.1) is 25.8 Å². The smallest absolute Gasteiger partial charge is 0.228 e. The average Bonchev–Trinajstić information content (AvgIpc) is 3.27. The monoisotopic (exact) mass is 397 g/mol. The molecule has 2 atom stereocenters. The zero-order valence-electron chi connectivity index (χ0n) is 16.1. The summed E-state index contributed by atoms with van der Waals surface area (Å²) in [6, 6.07) is 5.35. The minimum absolute atomic E-state index is 0. The van der Waals surface area contributed by atoms with Crippen LogP contribution in [0.15, 0.2) is 18.2 Å². The molecule has 1 aromatic carbocycles. The maximum atomic E-state index is 12.9. The summed E-state index contributed by atoms with van der Waals surface area (Å²) < 4.78 is 10.6. The summed E-state index contributed by atoms with van der Waals surface area (Å²) in [5.41, 5.74) is 0.683. The second-order valence-electron chi connectivity index (χ2n) is 6.94. The van der Waals surface area contributed by atoms with E-state index in [1.165, 1.54) is 0 Å². The number of rotatable bonds is 6. The fourth-order valence-corrected chi connectivity index (χ4v) is 3.86. The van der Waals surface area contributed by atoms with Crippen molar-refractivity contribution >= 4 is 29.9 Å². The van der Waals surface area contributed by atoms with Crippen molar-refractivity contribution in [3.05, 3.63) is 18.2 Å². The van der Waals surface area contributed by atoms with E-state index in [0.29, 0.717) is 29.6 Å². The average molecular weight is 398 g/mol. The Bertz CT molecular complexity index is 685. The van der Waals surface area contributed by atoms with Crippen LogP contribution in [0.1, 0.15) is 12.8 Å². The molecule has 0 aromatic heterocycles. The largest absolute Gasteiger partial charge is 0.497 e. The van der Waals surface area contributed by atoms with E-state index in [0.717, 1.165) is 26.1 Å². The predicted molar refractivity (Wildman–Crippen MR) is 106 cm³/mol. The molecule has 2 amide bonds. The zero-order valence-corrected chi connectivity index (χ0v) is 16.9. The number of amides is 2. The second-order valence-corrected chi connectivity index (χ2v) is 6.94. The van der Waals surface area contributed by atoms with Gasteiger partial charge in [-0.1, -0.05) is 0 Å². The maximum absolute atomic E-state index is 12.9. The van der Waals surface area contributed by atoms with Crippen LogP contribution in [-0.4, -0.2) is 64.2 Å². The minimum atomic E-state index is -0.289. The standard InChI is InChI=1S/C19H27N3O4.ClH/c1-20-10-13-6-7-21(11-13)19(24)14-8-18(23)22(12-14)16-5-4-15(25-2)9-17(16)26-3;/h4-5,9,13-14,20H,6-8,10-12H2,1-3H3;1H. The topological polar surface area (TPSA) is 71.1 Å². The lowest BCUT2D eigenvalue weighted by atomic mass is 10.1. The highest BCUT2D eigenvalue weighted by Crippen LogP contribution is 2.36. The van der Waals surface area contributed by atoms with Crippen molar-refractivity contribution in [3.8, 4) is 11.5 Å². The van der Waals surface area contributed by atoms with Crippen molar-refractivity contribution in [2.45, 2.75) is 12.8 Å². The van der Waals surface area contributed by atoms with Crippen molar-refractivity contribution in [2.24, 2.45) is 11.8 Å². The minimum Gasteiger partial charge on any atom is -0.497 e. The van der Waals surface area contributed by atoms with Crippen molar-refractivity contribution in [2.75, 3.05) is 52.3 Å². The van der Waals surface area contributed by atoms with Crippen LogP contribution in [0.2, 0.25) is 0 Å². The van der Waals surface area contributed by atoms with Gasteiger partial charge in [-0.05, 0) is 38.1 Å². The number of ether oxygens (including phenoxy) is 2. The fraction of sp³-hybridized carbons (Fsp3) is 0.579. The van der Waals surface area contributed by atoms with Gasteiger partial charge in [0.25, 0.3) is 0 Å². The van der Waals surface area contributed by atoms with Crippen LogP contribution in [0.25, 0.3) is 0 Å². The maximum Gasteiger partial charge on any atom is 0.228 e. The molecule has 0 radical (unpaired) electrons. The second kappa shape index (κ2) is 9.28. The number of benzene rings is 1. The molecule has 8 heteroatoms. The Morgan fingerprint density at radius 2 is 2.04 bits per heavy atom. The Morgan fingerprint density at radius 1 is 1.26 bits per heavy atom. The summed E-state index contributed by atoms with van der Waals surface area (Å²) in [5.74, 6) is 1.49. The Kier molecular flexibility index (Phi) is 7.33. The van der Waals surface area contributed by atoms with Gasteiger partial charge < -0.3 is 24.6 Å². The Balaban J connectivity index is 0.00000261. The van der Waals surface area contributed by atoms with Crippen LogP contribution in [0.4, 0.5) is 5.69 Å². The molecule has 2 aliphatic heterocycles. The van der Waals surface area contributed by atoms with E-state index in [1.54, 1.807) is 37.3 Å². The van der Waals surface area contributed by atoms with E-state index in [9.17, 15) is 9.59 Å². The number of hydrogen-bond acceptors (Lipinski definition) is 5. The first-order valence-corrected chi connectivity index (χ1v) is 9.03. The molecule has 27 heavy (non-hydrogen) atoms. The number of likely N-dealkylation sites (tertiary alicyclic amines) is 1.